The van der Waals surface area contributed by atoms with Crippen molar-refractivity contribution in [1.29, 1.82) is 0 Å². The summed E-state index contributed by atoms with van der Waals surface area (Å²) in [5.41, 5.74) is 5.31. The maximum Gasteiger partial charge on any atom is 0.122 e. The van der Waals surface area contributed by atoms with Crippen molar-refractivity contribution in [2.45, 2.75) is 26.3 Å². The maximum atomic E-state index is 5.36. The van der Waals surface area contributed by atoms with Gasteiger partial charge in [0.15, 0.2) is 0 Å². The van der Waals surface area contributed by atoms with E-state index in [1.165, 1.54) is 11.1 Å². The Morgan fingerprint density at radius 2 is 2.00 bits per heavy atom. The summed E-state index contributed by atoms with van der Waals surface area (Å²) in [4.78, 5) is 4.86. The number of ether oxygens (including phenoxy) is 1. The summed E-state index contributed by atoms with van der Waals surface area (Å²) in [6.07, 6.45) is 0. The molecule has 0 spiro atoms. The number of nitrogens with one attached hydrogen (secondary N) is 1. The Hall–Kier alpha value is -1.06. The van der Waals surface area contributed by atoms with E-state index in [4.69, 9.17) is 9.57 Å². The van der Waals surface area contributed by atoms with Crippen LogP contribution in [0.1, 0.15) is 30.9 Å². The van der Waals surface area contributed by atoms with Crippen LogP contribution in [0.3, 0.4) is 0 Å². The predicted octanol–water partition coefficient (Wildman–Crippen LogP) is 2.47. The molecule has 3 nitrogen and oxygen atoms in total. The zero-order chi connectivity index (χ0) is 11.3. The van der Waals surface area contributed by atoms with Gasteiger partial charge < -0.3 is 9.57 Å². The highest BCUT2D eigenvalue weighted by Gasteiger charge is 2.11. The van der Waals surface area contributed by atoms with Gasteiger partial charge in [-0.2, -0.15) is 5.48 Å². The lowest BCUT2D eigenvalue weighted by molar-refractivity contribution is 0.0864. The summed E-state index contributed by atoms with van der Waals surface area (Å²) in [7, 11) is 3.32. The molecule has 0 aromatic heterocycles. The van der Waals surface area contributed by atoms with Crippen LogP contribution in [-0.2, 0) is 11.4 Å². The highest BCUT2D eigenvalue weighted by Crippen LogP contribution is 2.29. The number of rotatable bonds is 5. The molecule has 0 aliphatic heterocycles. The lowest BCUT2D eigenvalue weighted by Gasteiger charge is -2.16. The molecule has 0 saturated carbocycles. The maximum absolute atomic E-state index is 5.36. The molecule has 0 bridgehead atoms. The molecule has 1 rings (SSSR count). The summed E-state index contributed by atoms with van der Waals surface area (Å²) in [6.45, 7) is 5.02. The Morgan fingerprint density at radius 1 is 1.27 bits per heavy atom. The first-order valence-corrected chi connectivity index (χ1v) is 5.12. The van der Waals surface area contributed by atoms with Gasteiger partial charge in [-0.05, 0) is 17.5 Å². The molecule has 1 N–H and O–H groups in total. The second-order valence-corrected chi connectivity index (χ2v) is 3.71. The van der Waals surface area contributed by atoms with Crippen LogP contribution in [0.2, 0.25) is 0 Å². The van der Waals surface area contributed by atoms with E-state index in [0.717, 1.165) is 5.75 Å². The smallest absolute Gasteiger partial charge is 0.122 e. The minimum absolute atomic E-state index is 0.440. The lowest BCUT2D eigenvalue weighted by Crippen LogP contribution is -2.13. The molecule has 0 fully saturated rings. The predicted molar refractivity (Wildman–Crippen MR) is 60.9 cm³/mol. The topological polar surface area (TPSA) is 30.5 Å². The first kappa shape index (κ1) is 12.0. The number of hydrogen-bond acceptors (Lipinski definition) is 3. The average molecular weight is 209 g/mol. The Labute approximate surface area is 91.4 Å². The minimum Gasteiger partial charge on any atom is -0.496 e. The van der Waals surface area contributed by atoms with Crippen molar-refractivity contribution in [1.82, 2.24) is 5.48 Å². The van der Waals surface area contributed by atoms with Crippen LogP contribution in [-0.4, -0.2) is 14.2 Å². The Bertz CT molecular complexity index is 310. The molecule has 1 aromatic carbocycles. The number of hydrogen-bond donors (Lipinski definition) is 1. The molecule has 1 aromatic rings. The first-order valence-electron chi connectivity index (χ1n) is 5.12. The first-order chi connectivity index (χ1) is 7.20. The SMILES string of the molecule is CONCc1cccc(OC)c1C(C)C. The van der Waals surface area contributed by atoms with Crippen LogP contribution in [0, 0.1) is 0 Å². The Balaban J connectivity index is 3.02. The van der Waals surface area contributed by atoms with Crippen molar-refractivity contribution in [3.05, 3.63) is 29.3 Å². The highest BCUT2D eigenvalue weighted by atomic mass is 16.6. The van der Waals surface area contributed by atoms with Crippen molar-refractivity contribution in [3.63, 3.8) is 0 Å². The molecule has 0 aliphatic carbocycles. The highest BCUT2D eigenvalue weighted by molar-refractivity contribution is 5.42. The van der Waals surface area contributed by atoms with Crippen molar-refractivity contribution in [2.75, 3.05) is 14.2 Å². The fourth-order valence-corrected chi connectivity index (χ4v) is 1.73. The van der Waals surface area contributed by atoms with Crippen molar-refractivity contribution in [2.24, 2.45) is 0 Å². The van der Waals surface area contributed by atoms with Gasteiger partial charge >= 0.3 is 0 Å². The molecule has 0 unspecified atom stereocenters. The standard InChI is InChI=1S/C12H19NO2/c1-9(2)12-10(8-13-15-4)6-5-7-11(12)14-3/h5-7,9,13H,8H2,1-4H3. The molecule has 0 atom stereocenters. The summed E-state index contributed by atoms with van der Waals surface area (Å²) in [6, 6.07) is 6.08. The average Bonchev–Trinajstić information content (AvgIpc) is 2.25. The third-order valence-corrected chi connectivity index (χ3v) is 2.36. The lowest BCUT2D eigenvalue weighted by atomic mass is 9.96. The fourth-order valence-electron chi connectivity index (χ4n) is 1.73. The molecule has 0 heterocycles. The molecule has 0 radical (unpaired) electrons. The van der Waals surface area contributed by atoms with E-state index in [1.807, 2.05) is 12.1 Å². The summed E-state index contributed by atoms with van der Waals surface area (Å²) < 4.78 is 5.36. The van der Waals surface area contributed by atoms with Crippen LogP contribution in [0.25, 0.3) is 0 Å². The second kappa shape index (κ2) is 5.73. The van der Waals surface area contributed by atoms with E-state index in [0.29, 0.717) is 12.5 Å². The van der Waals surface area contributed by atoms with Gasteiger partial charge in [0.05, 0.1) is 14.2 Å². The minimum atomic E-state index is 0.440. The van der Waals surface area contributed by atoms with Gasteiger partial charge in [-0.1, -0.05) is 26.0 Å². The van der Waals surface area contributed by atoms with Crippen molar-refractivity contribution in [3.8, 4) is 5.75 Å². The molecule has 0 amide bonds. The molecule has 84 valence electrons. The number of hydroxylamine groups is 1. The molecule has 0 saturated heterocycles. The van der Waals surface area contributed by atoms with Crippen molar-refractivity contribution >= 4 is 0 Å². The third-order valence-electron chi connectivity index (χ3n) is 2.36. The molecule has 15 heavy (non-hydrogen) atoms. The zero-order valence-corrected chi connectivity index (χ0v) is 9.83. The van der Waals surface area contributed by atoms with E-state index >= 15 is 0 Å². The summed E-state index contributed by atoms with van der Waals surface area (Å²) in [5.74, 6) is 1.38. The van der Waals surface area contributed by atoms with Gasteiger partial charge in [-0.15, -0.1) is 0 Å². The number of methoxy groups -OCH3 is 1. The third kappa shape index (κ3) is 2.94. The number of benzene rings is 1. The van der Waals surface area contributed by atoms with Gasteiger partial charge in [0.25, 0.3) is 0 Å². The van der Waals surface area contributed by atoms with Gasteiger partial charge in [0.1, 0.15) is 5.75 Å². The monoisotopic (exact) mass is 209 g/mol. The Morgan fingerprint density at radius 3 is 2.53 bits per heavy atom. The van der Waals surface area contributed by atoms with Crippen LogP contribution in [0.4, 0.5) is 0 Å². The van der Waals surface area contributed by atoms with Crippen molar-refractivity contribution < 1.29 is 9.57 Å². The fraction of sp³-hybridized carbons (Fsp3) is 0.500. The van der Waals surface area contributed by atoms with E-state index < -0.39 is 0 Å². The molecule has 0 aliphatic rings. The van der Waals surface area contributed by atoms with Crippen LogP contribution in [0.5, 0.6) is 5.75 Å². The zero-order valence-electron chi connectivity index (χ0n) is 9.83. The second-order valence-electron chi connectivity index (χ2n) is 3.71. The normalized spacial score (nSPS) is 10.7. The van der Waals surface area contributed by atoms with Crippen LogP contribution in [0.15, 0.2) is 18.2 Å². The Kier molecular flexibility index (Phi) is 4.59. The van der Waals surface area contributed by atoms with E-state index in [9.17, 15) is 0 Å². The molecular weight excluding hydrogens is 190 g/mol. The van der Waals surface area contributed by atoms with E-state index in [1.54, 1.807) is 14.2 Å². The quantitative estimate of drug-likeness (QED) is 0.756. The van der Waals surface area contributed by atoms with E-state index in [2.05, 4.69) is 25.4 Å². The molecule has 3 heteroatoms. The van der Waals surface area contributed by atoms with Gasteiger partial charge in [-0.3, -0.25) is 0 Å². The summed E-state index contributed by atoms with van der Waals surface area (Å²) >= 11 is 0. The molecular formula is C12H19NO2. The van der Waals surface area contributed by atoms with Gasteiger partial charge in [-0.25, -0.2) is 0 Å². The largest absolute Gasteiger partial charge is 0.496 e. The van der Waals surface area contributed by atoms with Crippen LogP contribution >= 0.6 is 0 Å². The summed E-state index contributed by atoms with van der Waals surface area (Å²) in [5, 5.41) is 0. The van der Waals surface area contributed by atoms with Gasteiger partial charge in [0.2, 0.25) is 0 Å². The van der Waals surface area contributed by atoms with E-state index in [-0.39, 0.29) is 0 Å². The van der Waals surface area contributed by atoms with Crippen LogP contribution < -0.4 is 10.2 Å². The van der Waals surface area contributed by atoms with Gasteiger partial charge in [0, 0.05) is 12.1 Å².